The first-order valence-electron chi connectivity index (χ1n) is 43.8. The Morgan fingerprint density at radius 3 is 1.16 bits per heavy atom. The van der Waals surface area contributed by atoms with E-state index in [0.29, 0.717) is 142 Å². The Morgan fingerprint density at radius 1 is 0.433 bits per heavy atom. The van der Waals surface area contributed by atoms with Gasteiger partial charge in [0.1, 0.15) is 33.2 Å². The van der Waals surface area contributed by atoms with Crippen molar-refractivity contribution in [1.29, 1.82) is 0 Å². The number of urea groups is 3. The third-order valence-corrected chi connectivity index (χ3v) is 27.3. The van der Waals surface area contributed by atoms with Crippen molar-refractivity contribution >= 4 is 260 Å². The van der Waals surface area contributed by atoms with E-state index in [0.717, 1.165) is 52.1 Å². The number of hydrogen-bond donors (Lipinski definition) is 6. The van der Waals surface area contributed by atoms with Crippen LogP contribution in [-0.2, 0) is 48.7 Å². The molecule has 24 nitrogen and oxygen atoms in total. The molecule has 732 valence electrons. The molecule has 0 bridgehead atoms. The highest BCUT2D eigenvalue weighted by molar-refractivity contribution is 14.1. The predicted molar refractivity (Wildman–Crippen MR) is 573 cm³/mol. The molecule has 8 aliphatic rings. The van der Waals surface area contributed by atoms with E-state index in [9.17, 15) is 48.3 Å². The number of isocyanates is 1. The third kappa shape index (κ3) is 27.5. The number of methoxy groups -OCH3 is 3. The molecule has 1 unspecified atom stereocenters. The number of ether oxygens (including phenoxy) is 3. The molecule has 7 amide bonds. The van der Waals surface area contributed by atoms with Crippen molar-refractivity contribution in [3.05, 3.63) is 366 Å². The Kier molecular flexibility index (Phi) is 37.0. The van der Waals surface area contributed by atoms with Crippen molar-refractivity contribution in [3.8, 4) is 0 Å². The number of carboxylic acid groups (broad SMARTS) is 1. The van der Waals surface area contributed by atoms with Gasteiger partial charge in [-0.05, 0) is 368 Å². The molecule has 2 heterocycles. The number of aliphatic imine (C=N–C) groups is 1. The molecule has 141 heavy (non-hydrogen) atoms. The first kappa shape index (κ1) is 109. The summed E-state index contributed by atoms with van der Waals surface area (Å²) in [5.41, 5.74) is 8.52. The van der Waals surface area contributed by atoms with Gasteiger partial charge in [-0.15, -0.1) is 0 Å². The lowest BCUT2D eigenvalue weighted by atomic mass is 9.90. The van der Waals surface area contributed by atoms with Gasteiger partial charge in [-0.25, -0.2) is 38.5 Å². The largest absolute Gasteiger partial charge is 0.480 e. The van der Waals surface area contributed by atoms with E-state index in [1.54, 1.807) is 204 Å². The number of rotatable bonds is 17. The fourth-order valence-electron chi connectivity index (χ4n) is 15.2. The van der Waals surface area contributed by atoms with Crippen LogP contribution in [0.3, 0.4) is 0 Å². The molecule has 1 atom stereocenters. The van der Waals surface area contributed by atoms with Gasteiger partial charge >= 0.3 is 42.0 Å². The average molecular weight is 2280 g/mol. The number of benzene rings is 12. The van der Waals surface area contributed by atoms with Gasteiger partial charge in [0.15, 0.2) is 5.72 Å². The number of halogens is 12. The van der Waals surface area contributed by atoms with E-state index in [2.05, 4.69) is 83.3 Å². The number of amides is 7. The Balaban J connectivity index is 0.000000147. The highest BCUT2D eigenvalue weighted by Gasteiger charge is 2.74. The van der Waals surface area contributed by atoms with Crippen molar-refractivity contribution in [2.75, 3.05) is 61.8 Å². The summed E-state index contributed by atoms with van der Waals surface area (Å²) in [5, 5.41) is 36.4. The van der Waals surface area contributed by atoms with E-state index in [4.69, 9.17) is 136 Å². The molecule has 8 fully saturated rings. The van der Waals surface area contributed by atoms with Crippen molar-refractivity contribution < 1.29 is 67.6 Å². The van der Waals surface area contributed by atoms with E-state index in [1.807, 2.05) is 91.9 Å². The van der Waals surface area contributed by atoms with E-state index < -0.39 is 56.9 Å². The van der Waals surface area contributed by atoms with Crippen LogP contribution in [0.4, 0.5) is 65.6 Å². The van der Waals surface area contributed by atoms with Crippen LogP contribution in [0.1, 0.15) is 93.7 Å². The SMILES string of the molecule is COC(=O)C1(N(C(=O)Nc2ccc(Cl)cc2)c2ccc(Cl)cc2)CC1.COC(=O)C1(N)CC1.COC(=O)C1(Nc2ccc(Cl)cc2)CC1.Cc1cccc(Br)c1.Cc1cccc(C2(O)N(c3ccc(Cl)cc3)C(=O)N(c3ccc(Cl)cc3)C23CC3)c1.Clc1ccc(I)cc1.O=C(O)C1(Nc2ccc(Cl)cc2)CC1.O=C1N(c2ccc(Cl)cc2)C(=O)C2(CC2)N1c1ccc(Cl)cc1.O=C=Nc1ccc(Cl)cc1. The van der Waals surface area contributed by atoms with Crippen LogP contribution in [0.25, 0.3) is 0 Å². The summed E-state index contributed by atoms with van der Waals surface area (Å²) in [4.78, 5) is 118. The van der Waals surface area contributed by atoms with Crippen molar-refractivity contribution in [2.24, 2.45) is 10.7 Å². The number of aryl methyl sites for hydroxylation is 2. The van der Waals surface area contributed by atoms with E-state index >= 15 is 0 Å². The minimum Gasteiger partial charge on any atom is -0.480 e. The van der Waals surface area contributed by atoms with Crippen LogP contribution in [0.15, 0.2) is 301 Å². The van der Waals surface area contributed by atoms with Gasteiger partial charge in [0.2, 0.25) is 6.08 Å². The van der Waals surface area contributed by atoms with Crippen LogP contribution in [-0.4, -0.2) is 119 Å². The fraction of sp³-hybridized carbons (Fsp3) is 0.229. The maximum Gasteiger partial charge on any atom is 0.336 e. The highest BCUT2D eigenvalue weighted by Crippen LogP contribution is 2.63. The van der Waals surface area contributed by atoms with Crippen LogP contribution in [0.2, 0.25) is 50.2 Å². The normalized spacial score (nSPS) is 16.8. The Labute approximate surface area is 887 Å². The summed E-state index contributed by atoms with van der Waals surface area (Å²) in [6.07, 6.45) is 9.80. The third-order valence-electron chi connectivity index (χ3n) is 23.6. The van der Waals surface area contributed by atoms with Crippen molar-refractivity contribution in [3.63, 3.8) is 0 Å². The maximum atomic E-state index is 13.8. The highest BCUT2D eigenvalue weighted by atomic mass is 127. The zero-order valence-corrected chi connectivity index (χ0v) is 87.6. The lowest BCUT2D eigenvalue weighted by Gasteiger charge is -2.38. The number of esters is 3. The lowest BCUT2D eigenvalue weighted by Crippen LogP contribution is -2.51. The second-order valence-electron chi connectivity index (χ2n) is 33.8. The smallest absolute Gasteiger partial charge is 0.336 e. The number of nitrogens with two attached hydrogens (primary N) is 1. The molecular weight excluding hydrogens is 2190 g/mol. The number of hydrogen-bond acceptors (Lipinski definition) is 17. The van der Waals surface area contributed by atoms with Crippen LogP contribution in [0.5, 0.6) is 0 Å². The van der Waals surface area contributed by atoms with Gasteiger partial charge in [0.05, 0.1) is 32.7 Å². The van der Waals surface area contributed by atoms with Gasteiger partial charge < -0.3 is 46.1 Å². The molecule has 2 aliphatic heterocycles. The fourth-order valence-corrected chi connectivity index (χ4v) is 17.4. The summed E-state index contributed by atoms with van der Waals surface area (Å²) in [6, 6.07) is 84.8. The number of aliphatic hydroxyl groups is 1. The van der Waals surface area contributed by atoms with Crippen LogP contribution < -0.4 is 46.2 Å². The zero-order valence-electron chi connectivity index (χ0n) is 76.3. The molecule has 6 saturated carbocycles. The van der Waals surface area contributed by atoms with Gasteiger partial charge in [-0.2, -0.15) is 4.99 Å². The monoisotopic (exact) mass is 2270 g/mol. The minimum absolute atomic E-state index is 0.181. The molecule has 7 N–H and O–H groups in total. The second-order valence-corrected chi connectivity index (χ2v) is 40.3. The van der Waals surface area contributed by atoms with Gasteiger partial charge in [-0.1, -0.05) is 179 Å². The minimum atomic E-state index is -1.52. The molecule has 20 rings (SSSR count). The Morgan fingerprint density at radius 2 is 0.809 bits per heavy atom. The Bertz CT molecular complexity index is 6450. The molecule has 12 aromatic carbocycles. The first-order chi connectivity index (χ1) is 67.2. The summed E-state index contributed by atoms with van der Waals surface area (Å²) >= 11 is 64.0. The number of aliphatic carboxylic acids is 1. The number of anilines is 8. The predicted octanol–water partition coefficient (Wildman–Crippen LogP) is 27.8. The van der Waals surface area contributed by atoms with Gasteiger partial charge in [0.25, 0.3) is 5.91 Å². The number of carboxylic acids is 1. The first-order valence-corrected chi connectivity index (χ1v) is 49.5. The van der Waals surface area contributed by atoms with E-state index in [-0.39, 0.29) is 29.9 Å². The van der Waals surface area contributed by atoms with Crippen LogP contribution >= 0.6 is 155 Å². The molecule has 12 aromatic rings. The summed E-state index contributed by atoms with van der Waals surface area (Å²) in [6.45, 7) is 4.05. The number of nitrogens with zero attached hydrogens (tertiary/aromatic N) is 6. The van der Waals surface area contributed by atoms with Crippen molar-refractivity contribution in [2.45, 2.75) is 130 Å². The maximum absolute atomic E-state index is 13.8. The number of imide groups is 1. The molecule has 2 spiro atoms. The average Bonchev–Trinajstić information content (AvgIpc) is 1.49. The molecular formula is C105H94BrCl10IN10O14. The summed E-state index contributed by atoms with van der Waals surface area (Å²) < 4.78 is 16.4. The topological polar surface area (TPSA) is 312 Å². The zero-order chi connectivity index (χ0) is 102. The van der Waals surface area contributed by atoms with Crippen LogP contribution in [0, 0.1) is 17.4 Å². The van der Waals surface area contributed by atoms with E-state index in [1.165, 1.54) is 51.2 Å². The summed E-state index contributed by atoms with van der Waals surface area (Å²) in [5.74, 6) is -1.88. The lowest BCUT2D eigenvalue weighted by molar-refractivity contribution is -0.144. The second kappa shape index (κ2) is 47.9. The number of carbonyl (C=O) groups is 8. The molecule has 2 saturated heterocycles. The van der Waals surface area contributed by atoms with Gasteiger partial charge in [-0.3, -0.25) is 29.2 Å². The molecule has 0 radical (unpaired) electrons. The molecule has 6 aliphatic carbocycles. The number of nitrogens with one attached hydrogen (secondary N) is 3. The Hall–Kier alpha value is -11.0. The van der Waals surface area contributed by atoms with Crippen molar-refractivity contribution in [1.82, 2.24) is 0 Å². The summed E-state index contributed by atoms with van der Waals surface area (Å²) in [7, 11) is 4.08. The number of carbonyl (C=O) groups excluding carboxylic acids is 8. The molecule has 0 aromatic heterocycles. The van der Waals surface area contributed by atoms with Gasteiger partial charge in [0, 0.05) is 104 Å². The standard InChI is InChI=1S/C24H20Cl2N2O2.C18H16Cl2N2O3.C17H12Cl2N2O2.C11H12ClNO2.C10H10ClNO2.C7H7Br.C7H4ClNO.C6H4ClI.C5H9NO2/c1-16-3-2-4-17(15-16)24(30)23(13-14-23)27(20-9-5-18(25)6-10-20)22(29)28(24)21-11-7-19(26)8-12-21;1-25-16(23)18(10-11-18)22(15-8-4-13(20)5-9-15)17(24)21-14-6-2-12(19)3-7-14;18-11-1-5-13(6-2-11)20-15(22)17(9-10-17)21(16(20)23)14-7-3-12(19)4-8-14;1-15-10(14)11(6-7-11)13-9-4-2-8(12)3-5-9;11-7-1-3-8(4-2-7)12-10(5-6-10)9(13)14;1-6-3-2-4-7(8)5-6;8-6-1-3-7(4-2-6)9-5-10;7-5-1-3-6(8)4-2-5;1-8-4(7)5(6)2-3-5/h2-12,15,30H,13-14H2,1H3;2-9H,10-11H2,1H3,(H,21,24);1-8H,9-10H2;2-5,13H,6-7H2,1H3;1-4,12H,5-6H2,(H,13,14);2-5H,1H3;1-4H;1-4H;2-3,6H2,1H3. The quantitative estimate of drug-likeness (QED) is 0.0123. The molecule has 36 heteroatoms.